The van der Waals surface area contributed by atoms with Gasteiger partial charge in [-0.1, -0.05) is 0 Å². The fourth-order valence-corrected chi connectivity index (χ4v) is 1.36. The highest BCUT2D eigenvalue weighted by Crippen LogP contribution is 2.12. The molecule has 0 aromatic rings. The van der Waals surface area contributed by atoms with Crippen molar-refractivity contribution in [2.75, 3.05) is 19.8 Å². The molecule has 1 amide bonds. The smallest absolute Gasteiger partial charge is 0.236 e. The van der Waals surface area contributed by atoms with Crippen LogP contribution in [0.1, 0.15) is 19.8 Å². The van der Waals surface area contributed by atoms with Crippen LogP contribution in [-0.4, -0.2) is 31.7 Å². The third-order valence-electron chi connectivity index (χ3n) is 2.32. The van der Waals surface area contributed by atoms with Gasteiger partial charge < -0.3 is 15.8 Å². The average Bonchev–Trinajstić information content (AvgIpc) is 2.15. The predicted molar refractivity (Wildman–Crippen MR) is 50.2 cm³/mol. The van der Waals surface area contributed by atoms with E-state index in [2.05, 4.69) is 5.32 Å². The summed E-state index contributed by atoms with van der Waals surface area (Å²) in [5.41, 5.74) is 5.41. The van der Waals surface area contributed by atoms with Gasteiger partial charge in [0.25, 0.3) is 0 Å². The number of nitrogens with one attached hydrogen (secondary N) is 1. The molecule has 1 rings (SSSR count). The highest BCUT2D eigenvalue weighted by atomic mass is 16.5. The molecule has 0 unspecified atom stereocenters. The fraction of sp³-hybridized carbons (Fsp3) is 0.889. The molecule has 1 aliphatic rings. The Balaban J connectivity index is 2.13. The lowest BCUT2D eigenvalue weighted by Gasteiger charge is -2.22. The van der Waals surface area contributed by atoms with E-state index in [0.717, 1.165) is 32.6 Å². The summed E-state index contributed by atoms with van der Waals surface area (Å²) < 4.78 is 5.22. The second-order valence-corrected chi connectivity index (χ2v) is 3.59. The standard InChI is InChI=1S/C9H18N2O2/c1-7(10)9(12)11-6-8-2-4-13-5-3-8/h7-8H,2-6,10H2,1H3,(H,11,12)/t7-/m1/s1. The van der Waals surface area contributed by atoms with Crippen molar-refractivity contribution in [1.29, 1.82) is 0 Å². The maximum Gasteiger partial charge on any atom is 0.236 e. The maximum absolute atomic E-state index is 11.1. The summed E-state index contributed by atoms with van der Waals surface area (Å²) in [5.74, 6) is 0.503. The Labute approximate surface area is 78.8 Å². The second kappa shape index (κ2) is 5.19. The molecular formula is C9H18N2O2. The minimum absolute atomic E-state index is 0.0634. The van der Waals surface area contributed by atoms with Gasteiger partial charge in [-0.2, -0.15) is 0 Å². The number of ether oxygens (including phenoxy) is 1. The fourth-order valence-electron chi connectivity index (χ4n) is 1.36. The molecule has 0 aliphatic carbocycles. The van der Waals surface area contributed by atoms with Gasteiger partial charge in [0.05, 0.1) is 6.04 Å². The van der Waals surface area contributed by atoms with Crippen molar-refractivity contribution < 1.29 is 9.53 Å². The van der Waals surface area contributed by atoms with Crippen LogP contribution in [0.5, 0.6) is 0 Å². The zero-order valence-corrected chi connectivity index (χ0v) is 8.08. The Kier molecular flexibility index (Phi) is 4.18. The predicted octanol–water partition coefficient (Wildman–Crippen LogP) is -0.124. The van der Waals surface area contributed by atoms with Crippen molar-refractivity contribution in [3.8, 4) is 0 Å². The molecule has 13 heavy (non-hydrogen) atoms. The first-order valence-electron chi connectivity index (χ1n) is 4.81. The number of rotatable bonds is 3. The van der Waals surface area contributed by atoms with Crippen LogP contribution in [0, 0.1) is 5.92 Å². The van der Waals surface area contributed by atoms with Crippen molar-refractivity contribution in [2.45, 2.75) is 25.8 Å². The lowest BCUT2D eigenvalue weighted by Crippen LogP contribution is -2.41. The van der Waals surface area contributed by atoms with Crippen molar-refractivity contribution in [2.24, 2.45) is 11.7 Å². The number of carbonyl (C=O) groups is 1. The maximum atomic E-state index is 11.1. The number of carbonyl (C=O) groups excluding carboxylic acids is 1. The molecular weight excluding hydrogens is 168 g/mol. The van der Waals surface area contributed by atoms with Gasteiger partial charge in [-0.05, 0) is 25.7 Å². The number of hydrogen-bond donors (Lipinski definition) is 2. The second-order valence-electron chi connectivity index (χ2n) is 3.59. The normalized spacial score (nSPS) is 21.1. The largest absolute Gasteiger partial charge is 0.381 e. The van der Waals surface area contributed by atoms with Crippen molar-refractivity contribution in [3.05, 3.63) is 0 Å². The lowest BCUT2D eigenvalue weighted by atomic mass is 10.0. The zero-order valence-electron chi connectivity index (χ0n) is 8.08. The van der Waals surface area contributed by atoms with E-state index in [4.69, 9.17) is 10.5 Å². The van der Waals surface area contributed by atoms with Crippen LogP contribution in [-0.2, 0) is 9.53 Å². The van der Waals surface area contributed by atoms with E-state index >= 15 is 0 Å². The zero-order chi connectivity index (χ0) is 9.68. The van der Waals surface area contributed by atoms with Gasteiger partial charge in [-0.25, -0.2) is 0 Å². The van der Waals surface area contributed by atoms with Crippen LogP contribution < -0.4 is 11.1 Å². The topological polar surface area (TPSA) is 64.4 Å². The molecule has 0 saturated carbocycles. The Morgan fingerprint density at radius 1 is 1.62 bits per heavy atom. The first-order chi connectivity index (χ1) is 6.20. The molecule has 4 nitrogen and oxygen atoms in total. The molecule has 0 spiro atoms. The van der Waals surface area contributed by atoms with E-state index in [1.807, 2.05) is 0 Å². The van der Waals surface area contributed by atoms with Gasteiger partial charge >= 0.3 is 0 Å². The van der Waals surface area contributed by atoms with Crippen LogP contribution in [0.2, 0.25) is 0 Å². The molecule has 1 heterocycles. The van der Waals surface area contributed by atoms with E-state index < -0.39 is 6.04 Å². The van der Waals surface area contributed by atoms with Crippen LogP contribution in [0.3, 0.4) is 0 Å². The third-order valence-corrected chi connectivity index (χ3v) is 2.32. The third kappa shape index (κ3) is 3.74. The summed E-state index contributed by atoms with van der Waals surface area (Å²) in [6, 6.07) is -0.403. The van der Waals surface area contributed by atoms with Gasteiger partial charge in [0.1, 0.15) is 0 Å². The summed E-state index contributed by atoms with van der Waals surface area (Å²) in [6.07, 6.45) is 2.08. The van der Waals surface area contributed by atoms with Gasteiger partial charge in [0.2, 0.25) is 5.91 Å². The molecule has 1 aliphatic heterocycles. The summed E-state index contributed by atoms with van der Waals surface area (Å²) in [4.78, 5) is 11.1. The first kappa shape index (κ1) is 10.5. The molecule has 1 atom stereocenters. The minimum atomic E-state index is -0.403. The van der Waals surface area contributed by atoms with Gasteiger partial charge in [0.15, 0.2) is 0 Å². The SMILES string of the molecule is C[C@@H](N)C(=O)NCC1CCOCC1. The van der Waals surface area contributed by atoms with E-state index in [-0.39, 0.29) is 5.91 Å². The highest BCUT2D eigenvalue weighted by Gasteiger charge is 2.15. The van der Waals surface area contributed by atoms with Crippen LogP contribution >= 0.6 is 0 Å². The Morgan fingerprint density at radius 3 is 2.77 bits per heavy atom. The van der Waals surface area contributed by atoms with Crippen molar-refractivity contribution in [3.63, 3.8) is 0 Å². The quantitative estimate of drug-likeness (QED) is 0.645. The van der Waals surface area contributed by atoms with Gasteiger partial charge in [0, 0.05) is 19.8 Å². The molecule has 1 saturated heterocycles. The molecule has 0 aromatic heterocycles. The molecule has 1 fully saturated rings. The van der Waals surface area contributed by atoms with Crippen LogP contribution in [0.15, 0.2) is 0 Å². The Morgan fingerprint density at radius 2 is 2.23 bits per heavy atom. The molecule has 0 bridgehead atoms. The summed E-state index contributed by atoms with van der Waals surface area (Å²) in [6.45, 7) is 4.07. The van der Waals surface area contributed by atoms with Crippen molar-refractivity contribution >= 4 is 5.91 Å². The number of nitrogens with two attached hydrogens (primary N) is 1. The summed E-state index contributed by atoms with van der Waals surface area (Å²) in [7, 11) is 0. The molecule has 0 aromatic carbocycles. The monoisotopic (exact) mass is 186 g/mol. The Bertz CT molecular complexity index is 165. The minimum Gasteiger partial charge on any atom is -0.381 e. The average molecular weight is 186 g/mol. The van der Waals surface area contributed by atoms with Crippen molar-refractivity contribution in [1.82, 2.24) is 5.32 Å². The Hall–Kier alpha value is -0.610. The van der Waals surface area contributed by atoms with Crippen LogP contribution in [0.25, 0.3) is 0 Å². The van der Waals surface area contributed by atoms with E-state index in [1.54, 1.807) is 6.92 Å². The number of amides is 1. The highest BCUT2D eigenvalue weighted by molar-refractivity contribution is 5.80. The van der Waals surface area contributed by atoms with E-state index in [1.165, 1.54) is 0 Å². The molecule has 3 N–H and O–H groups in total. The molecule has 4 heteroatoms. The van der Waals surface area contributed by atoms with Crippen LogP contribution in [0.4, 0.5) is 0 Å². The van der Waals surface area contributed by atoms with E-state index in [9.17, 15) is 4.79 Å². The summed E-state index contributed by atoms with van der Waals surface area (Å²) >= 11 is 0. The first-order valence-corrected chi connectivity index (χ1v) is 4.81. The van der Waals surface area contributed by atoms with Gasteiger partial charge in [-0.3, -0.25) is 4.79 Å². The van der Waals surface area contributed by atoms with Gasteiger partial charge in [-0.15, -0.1) is 0 Å². The molecule has 0 radical (unpaired) electrons. The molecule has 76 valence electrons. The van der Waals surface area contributed by atoms with E-state index in [0.29, 0.717) is 5.92 Å². The lowest BCUT2D eigenvalue weighted by molar-refractivity contribution is -0.122. The summed E-state index contributed by atoms with van der Waals surface area (Å²) in [5, 5.41) is 2.83. The number of hydrogen-bond acceptors (Lipinski definition) is 3.